The molecule has 1 saturated heterocycles. The minimum atomic E-state index is -1.21. The zero-order valence-corrected chi connectivity index (χ0v) is 20.7. The van der Waals surface area contributed by atoms with Gasteiger partial charge in [0.1, 0.15) is 5.75 Å². The molecule has 0 aliphatic carbocycles. The molecular formula is C27H31N5O4. The molecule has 1 aromatic carbocycles. The SMILES string of the molecule is CN(CCc1cnn(C)c1)C(=O)C[C@]1(c2ccccc2)CC(=O)N(CCCOc2cccnc2)C1=O. The summed E-state index contributed by atoms with van der Waals surface area (Å²) in [5, 5.41) is 4.16. The second kappa shape index (κ2) is 11.2. The van der Waals surface area contributed by atoms with Crippen LogP contribution in [0.5, 0.6) is 5.75 Å². The number of benzene rings is 1. The van der Waals surface area contributed by atoms with E-state index in [0.717, 1.165) is 5.56 Å². The first kappa shape index (κ1) is 25.1. The van der Waals surface area contributed by atoms with Crippen molar-refractivity contribution in [2.45, 2.75) is 31.1 Å². The van der Waals surface area contributed by atoms with Gasteiger partial charge in [0.25, 0.3) is 0 Å². The van der Waals surface area contributed by atoms with Gasteiger partial charge in [0.2, 0.25) is 17.7 Å². The first-order valence-corrected chi connectivity index (χ1v) is 12.0. The minimum absolute atomic E-state index is 0.0263. The van der Waals surface area contributed by atoms with Crippen molar-refractivity contribution in [1.29, 1.82) is 0 Å². The van der Waals surface area contributed by atoms with Crippen molar-refractivity contribution in [3.63, 3.8) is 0 Å². The van der Waals surface area contributed by atoms with Gasteiger partial charge in [-0.1, -0.05) is 30.3 Å². The number of aryl methyl sites for hydroxylation is 1. The number of rotatable bonds is 11. The Morgan fingerprint density at radius 1 is 1.14 bits per heavy atom. The van der Waals surface area contributed by atoms with Gasteiger partial charge in [-0.3, -0.25) is 28.9 Å². The van der Waals surface area contributed by atoms with Crippen LogP contribution in [0.15, 0.2) is 67.3 Å². The molecule has 1 aliphatic heterocycles. The van der Waals surface area contributed by atoms with Gasteiger partial charge >= 0.3 is 0 Å². The Balaban J connectivity index is 1.43. The number of likely N-dealkylation sites (tertiary alicyclic amines) is 1. The highest BCUT2D eigenvalue weighted by Crippen LogP contribution is 2.40. The van der Waals surface area contributed by atoms with E-state index in [1.807, 2.05) is 43.6 Å². The number of imide groups is 1. The largest absolute Gasteiger partial charge is 0.492 e. The highest BCUT2D eigenvalue weighted by molar-refractivity contribution is 6.10. The third-order valence-corrected chi connectivity index (χ3v) is 6.54. The molecule has 36 heavy (non-hydrogen) atoms. The van der Waals surface area contributed by atoms with Gasteiger partial charge in [0.15, 0.2) is 0 Å². The number of ether oxygens (including phenoxy) is 1. The van der Waals surface area contributed by atoms with Crippen LogP contribution in [0.25, 0.3) is 0 Å². The molecule has 4 rings (SSSR count). The number of aromatic nitrogens is 3. The third-order valence-electron chi connectivity index (χ3n) is 6.54. The fourth-order valence-corrected chi connectivity index (χ4v) is 4.51. The molecule has 1 aliphatic rings. The smallest absolute Gasteiger partial charge is 0.240 e. The lowest BCUT2D eigenvalue weighted by atomic mass is 9.75. The van der Waals surface area contributed by atoms with Gasteiger partial charge in [0, 0.05) is 52.4 Å². The Morgan fingerprint density at radius 3 is 2.64 bits per heavy atom. The number of hydrogen-bond donors (Lipinski definition) is 0. The van der Waals surface area contributed by atoms with Gasteiger partial charge in [-0.2, -0.15) is 5.10 Å². The van der Waals surface area contributed by atoms with Crippen LogP contribution in [0.4, 0.5) is 0 Å². The molecule has 0 bridgehead atoms. The Labute approximate surface area is 210 Å². The summed E-state index contributed by atoms with van der Waals surface area (Å²) in [6.45, 7) is 1.07. The molecule has 0 unspecified atom stereocenters. The molecule has 3 aromatic rings. The van der Waals surface area contributed by atoms with Gasteiger partial charge in [0.05, 0.1) is 24.4 Å². The van der Waals surface area contributed by atoms with Crippen LogP contribution in [0.3, 0.4) is 0 Å². The first-order chi connectivity index (χ1) is 17.4. The van der Waals surface area contributed by atoms with Crippen LogP contribution >= 0.6 is 0 Å². The summed E-state index contributed by atoms with van der Waals surface area (Å²) in [4.78, 5) is 46.9. The molecular weight excluding hydrogens is 458 g/mol. The number of carbonyl (C=O) groups excluding carboxylic acids is 3. The standard InChI is InChI=1S/C27H31N5O4/c1-30(14-11-21-18-29-31(2)20-21)24(33)16-27(22-8-4-3-5-9-22)17-25(34)32(26(27)35)13-7-15-36-23-10-6-12-28-19-23/h3-6,8-10,12,18-20H,7,11,13-17H2,1-2H3/t27-/m1/s1. The summed E-state index contributed by atoms with van der Waals surface area (Å²) in [5.41, 5.74) is 0.510. The molecule has 0 N–H and O–H groups in total. The van der Waals surface area contributed by atoms with Crippen molar-refractivity contribution in [2.75, 3.05) is 26.7 Å². The van der Waals surface area contributed by atoms with Gasteiger partial charge < -0.3 is 9.64 Å². The fourth-order valence-electron chi connectivity index (χ4n) is 4.51. The number of pyridine rings is 1. The maximum atomic E-state index is 13.7. The summed E-state index contributed by atoms with van der Waals surface area (Å²) in [5.74, 6) is -0.133. The molecule has 2 aromatic heterocycles. The average molecular weight is 490 g/mol. The van der Waals surface area contributed by atoms with E-state index < -0.39 is 5.41 Å². The lowest BCUT2D eigenvalue weighted by Crippen LogP contribution is -2.43. The summed E-state index contributed by atoms with van der Waals surface area (Å²) in [6.07, 6.45) is 8.02. The second-order valence-electron chi connectivity index (χ2n) is 9.13. The number of amides is 3. The Kier molecular flexibility index (Phi) is 7.77. The molecule has 0 radical (unpaired) electrons. The average Bonchev–Trinajstić information content (AvgIpc) is 3.41. The van der Waals surface area contributed by atoms with Crippen molar-refractivity contribution >= 4 is 17.7 Å². The van der Waals surface area contributed by atoms with E-state index >= 15 is 0 Å². The number of nitrogens with zero attached hydrogens (tertiary/aromatic N) is 5. The molecule has 0 saturated carbocycles. The molecule has 0 spiro atoms. The summed E-state index contributed by atoms with van der Waals surface area (Å²) in [6, 6.07) is 12.7. The Hall–Kier alpha value is -4.01. The molecule has 3 heterocycles. The van der Waals surface area contributed by atoms with Crippen LogP contribution in [-0.4, -0.2) is 69.0 Å². The molecule has 1 atom stereocenters. The summed E-state index contributed by atoms with van der Waals surface area (Å²) >= 11 is 0. The van der Waals surface area contributed by atoms with Crippen LogP contribution in [0.1, 0.15) is 30.4 Å². The van der Waals surface area contributed by atoms with Crippen molar-refractivity contribution < 1.29 is 19.1 Å². The molecule has 1 fully saturated rings. The van der Waals surface area contributed by atoms with Crippen LogP contribution < -0.4 is 4.74 Å². The van der Waals surface area contributed by atoms with Crippen LogP contribution in [0, 0.1) is 0 Å². The fraction of sp³-hybridized carbons (Fsp3) is 0.370. The van der Waals surface area contributed by atoms with Crippen LogP contribution in [0.2, 0.25) is 0 Å². The third kappa shape index (κ3) is 5.62. The highest BCUT2D eigenvalue weighted by Gasteiger charge is 2.53. The number of carbonyl (C=O) groups is 3. The molecule has 188 valence electrons. The second-order valence-corrected chi connectivity index (χ2v) is 9.13. The highest BCUT2D eigenvalue weighted by atomic mass is 16.5. The molecule has 9 heteroatoms. The monoisotopic (exact) mass is 489 g/mol. The zero-order chi connectivity index (χ0) is 25.5. The predicted molar refractivity (Wildman–Crippen MR) is 133 cm³/mol. The summed E-state index contributed by atoms with van der Waals surface area (Å²) < 4.78 is 7.38. The Bertz CT molecular complexity index is 1200. The quantitative estimate of drug-likeness (QED) is 0.303. The van der Waals surface area contributed by atoms with E-state index in [0.29, 0.717) is 37.3 Å². The summed E-state index contributed by atoms with van der Waals surface area (Å²) in [7, 11) is 3.58. The maximum Gasteiger partial charge on any atom is 0.240 e. The topological polar surface area (TPSA) is 97.6 Å². The van der Waals surface area contributed by atoms with E-state index in [2.05, 4.69) is 10.1 Å². The van der Waals surface area contributed by atoms with E-state index in [-0.39, 0.29) is 37.1 Å². The van der Waals surface area contributed by atoms with E-state index in [9.17, 15) is 14.4 Å². The van der Waals surface area contributed by atoms with E-state index in [1.165, 1.54) is 4.90 Å². The maximum absolute atomic E-state index is 13.7. The van der Waals surface area contributed by atoms with Crippen molar-refractivity contribution in [2.24, 2.45) is 7.05 Å². The van der Waals surface area contributed by atoms with Gasteiger partial charge in [-0.05, 0) is 36.1 Å². The lowest BCUT2D eigenvalue weighted by molar-refractivity contribution is -0.142. The van der Waals surface area contributed by atoms with E-state index in [1.54, 1.807) is 47.4 Å². The predicted octanol–water partition coefficient (Wildman–Crippen LogP) is 2.37. The lowest BCUT2D eigenvalue weighted by Gasteiger charge is -2.29. The minimum Gasteiger partial charge on any atom is -0.492 e. The molecule has 3 amide bonds. The first-order valence-electron chi connectivity index (χ1n) is 12.0. The molecule has 9 nitrogen and oxygen atoms in total. The van der Waals surface area contributed by atoms with Crippen molar-refractivity contribution in [1.82, 2.24) is 24.6 Å². The van der Waals surface area contributed by atoms with Gasteiger partial charge in [-0.15, -0.1) is 0 Å². The Morgan fingerprint density at radius 2 is 1.94 bits per heavy atom. The van der Waals surface area contributed by atoms with Gasteiger partial charge in [-0.25, -0.2) is 0 Å². The number of hydrogen-bond acceptors (Lipinski definition) is 6. The number of likely N-dealkylation sites (N-methyl/N-ethyl adjacent to an activating group) is 1. The van der Waals surface area contributed by atoms with Crippen molar-refractivity contribution in [3.8, 4) is 5.75 Å². The van der Waals surface area contributed by atoms with Crippen molar-refractivity contribution in [3.05, 3.63) is 78.4 Å². The normalized spacial score (nSPS) is 17.4. The van der Waals surface area contributed by atoms with E-state index in [4.69, 9.17) is 4.74 Å². The van der Waals surface area contributed by atoms with Crippen LogP contribution in [-0.2, 0) is 33.3 Å². The zero-order valence-electron chi connectivity index (χ0n) is 20.7.